The first-order chi connectivity index (χ1) is 16.5. The molecule has 0 fully saturated rings. The lowest BCUT2D eigenvalue weighted by molar-refractivity contribution is 0.0686. The molecule has 0 saturated heterocycles. The van der Waals surface area contributed by atoms with E-state index in [1.165, 1.54) is 23.9 Å². The second kappa shape index (κ2) is 9.34. The zero-order chi connectivity index (χ0) is 23.7. The Hall–Kier alpha value is -3.59. The molecule has 1 unspecified atom stereocenters. The minimum Gasteiger partial charge on any atom is -0.485 e. The van der Waals surface area contributed by atoms with Gasteiger partial charge in [0.25, 0.3) is 11.1 Å². The van der Waals surface area contributed by atoms with Crippen molar-refractivity contribution < 1.29 is 23.1 Å². The van der Waals surface area contributed by atoms with Crippen LogP contribution < -0.4 is 9.47 Å². The van der Waals surface area contributed by atoms with E-state index in [2.05, 4.69) is 10.2 Å². The van der Waals surface area contributed by atoms with Gasteiger partial charge in [0, 0.05) is 23.5 Å². The fourth-order valence-corrected chi connectivity index (χ4v) is 4.51. The number of carbonyl (C=O) groups excluding carboxylic acids is 1. The molecule has 7 nitrogen and oxygen atoms in total. The van der Waals surface area contributed by atoms with E-state index < -0.39 is 6.10 Å². The highest BCUT2D eigenvalue weighted by Gasteiger charge is 2.27. The number of benzene rings is 2. The molecular formula is C25H22FN3O4S. The van der Waals surface area contributed by atoms with Gasteiger partial charge in [-0.15, -0.1) is 10.2 Å². The number of halogens is 1. The van der Waals surface area contributed by atoms with Crippen LogP contribution in [0.4, 0.5) is 4.39 Å². The largest absolute Gasteiger partial charge is 0.485 e. The first-order valence-corrected chi connectivity index (χ1v) is 11.8. The topological polar surface area (TPSA) is 79.4 Å². The minimum atomic E-state index is -0.502. The van der Waals surface area contributed by atoms with Crippen molar-refractivity contribution in [2.75, 3.05) is 12.4 Å². The molecule has 5 rings (SSSR count). The molecule has 1 aliphatic heterocycles. The smallest absolute Gasteiger partial charge is 0.277 e. The maximum Gasteiger partial charge on any atom is 0.277 e. The number of ketones is 1. The maximum absolute atomic E-state index is 13.2. The Labute approximate surface area is 199 Å². The summed E-state index contributed by atoms with van der Waals surface area (Å²) in [5.74, 6) is 1.46. The van der Waals surface area contributed by atoms with E-state index in [-0.39, 0.29) is 24.0 Å². The summed E-state index contributed by atoms with van der Waals surface area (Å²) in [5, 5.41) is 8.41. The molecule has 1 atom stereocenters. The predicted octanol–water partition coefficient (Wildman–Crippen LogP) is 5.16. The van der Waals surface area contributed by atoms with E-state index in [1.807, 2.05) is 48.7 Å². The molecule has 0 N–H and O–H groups in total. The number of carbonyl (C=O) groups is 1. The van der Waals surface area contributed by atoms with Gasteiger partial charge in [0.15, 0.2) is 17.3 Å². The third kappa shape index (κ3) is 4.56. The molecule has 0 aliphatic carbocycles. The molecule has 34 heavy (non-hydrogen) atoms. The van der Waals surface area contributed by atoms with Crippen LogP contribution in [0, 0.1) is 19.7 Å². The summed E-state index contributed by atoms with van der Waals surface area (Å²) in [6.07, 6.45) is -0.502. The molecule has 9 heteroatoms. The van der Waals surface area contributed by atoms with Gasteiger partial charge in [-0.2, -0.15) is 0 Å². The number of nitrogens with zero attached hydrogens (tertiary/aromatic N) is 3. The van der Waals surface area contributed by atoms with Gasteiger partial charge in [0.05, 0.1) is 5.75 Å². The SMILES string of the molecule is Cc1cc(C(=O)CSc2nnc(C3COc4ccccc4O3)o2)c(C)n1Cc1ccc(F)cc1. The Morgan fingerprint density at radius 1 is 1.12 bits per heavy atom. The van der Waals surface area contributed by atoms with Crippen LogP contribution in [0.25, 0.3) is 0 Å². The van der Waals surface area contributed by atoms with Crippen molar-refractivity contribution in [1.29, 1.82) is 0 Å². The van der Waals surface area contributed by atoms with Gasteiger partial charge in [0.1, 0.15) is 12.4 Å². The molecule has 0 spiro atoms. The molecule has 1 aliphatic rings. The molecule has 0 bridgehead atoms. The van der Waals surface area contributed by atoms with E-state index in [1.54, 1.807) is 12.1 Å². The van der Waals surface area contributed by atoms with Crippen molar-refractivity contribution in [3.8, 4) is 11.5 Å². The Morgan fingerprint density at radius 3 is 2.68 bits per heavy atom. The Balaban J connectivity index is 1.22. The molecule has 0 radical (unpaired) electrons. The lowest BCUT2D eigenvalue weighted by atomic mass is 10.2. The number of thioether (sulfide) groups is 1. The maximum atomic E-state index is 13.2. The van der Waals surface area contributed by atoms with Crippen molar-refractivity contribution >= 4 is 17.5 Å². The van der Waals surface area contributed by atoms with Crippen LogP contribution in [0.2, 0.25) is 0 Å². The Morgan fingerprint density at radius 2 is 1.88 bits per heavy atom. The summed E-state index contributed by atoms with van der Waals surface area (Å²) in [7, 11) is 0. The number of rotatable bonds is 7. The lowest BCUT2D eigenvalue weighted by Gasteiger charge is -2.23. The van der Waals surface area contributed by atoms with Gasteiger partial charge in [0.2, 0.25) is 6.10 Å². The third-order valence-electron chi connectivity index (χ3n) is 5.66. The minimum absolute atomic E-state index is 0.0330. The van der Waals surface area contributed by atoms with E-state index in [9.17, 15) is 9.18 Å². The van der Waals surface area contributed by atoms with E-state index >= 15 is 0 Å². The van der Waals surface area contributed by atoms with Crippen molar-refractivity contribution in [2.24, 2.45) is 0 Å². The summed E-state index contributed by atoms with van der Waals surface area (Å²) in [4.78, 5) is 12.9. The first kappa shape index (κ1) is 22.2. The van der Waals surface area contributed by atoms with Crippen LogP contribution in [0.3, 0.4) is 0 Å². The highest BCUT2D eigenvalue weighted by Crippen LogP contribution is 2.36. The number of hydrogen-bond acceptors (Lipinski definition) is 7. The van der Waals surface area contributed by atoms with Crippen molar-refractivity contribution in [1.82, 2.24) is 14.8 Å². The average Bonchev–Trinajstić information content (AvgIpc) is 3.44. The highest BCUT2D eigenvalue weighted by atomic mass is 32.2. The molecule has 0 saturated carbocycles. The summed E-state index contributed by atoms with van der Waals surface area (Å²) in [6.45, 7) is 4.70. The summed E-state index contributed by atoms with van der Waals surface area (Å²) < 4.78 is 32.6. The van der Waals surface area contributed by atoms with Crippen LogP contribution >= 0.6 is 11.8 Å². The molecule has 0 amide bonds. The van der Waals surface area contributed by atoms with E-state index in [4.69, 9.17) is 13.9 Å². The molecular weight excluding hydrogens is 457 g/mol. The number of hydrogen-bond donors (Lipinski definition) is 0. The standard InChI is InChI=1S/C25H22FN3O4S/c1-15-11-19(16(2)29(15)12-17-7-9-18(26)10-8-17)20(30)14-34-25-28-27-24(33-25)23-13-31-21-5-3-4-6-22(21)32-23/h3-11,23H,12-14H2,1-2H3. The number of aromatic nitrogens is 3. The van der Waals surface area contributed by atoms with Gasteiger partial charge in [-0.05, 0) is 49.7 Å². The van der Waals surface area contributed by atoms with Crippen LogP contribution in [0.5, 0.6) is 11.5 Å². The summed E-state index contributed by atoms with van der Waals surface area (Å²) >= 11 is 1.19. The van der Waals surface area contributed by atoms with Crippen LogP contribution in [-0.4, -0.2) is 32.9 Å². The molecule has 2 aromatic carbocycles. The van der Waals surface area contributed by atoms with E-state index in [0.717, 1.165) is 17.0 Å². The number of fused-ring (bicyclic) bond motifs is 1. The fraction of sp³-hybridized carbons (Fsp3) is 0.240. The van der Waals surface area contributed by atoms with Gasteiger partial charge >= 0.3 is 0 Å². The normalized spacial score (nSPS) is 14.9. The second-order valence-electron chi connectivity index (χ2n) is 7.98. The second-order valence-corrected chi connectivity index (χ2v) is 8.91. The Kier molecular flexibility index (Phi) is 6.10. The van der Waals surface area contributed by atoms with Crippen molar-refractivity contribution in [3.63, 3.8) is 0 Å². The van der Waals surface area contributed by atoms with Crippen molar-refractivity contribution in [3.05, 3.63) is 88.8 Å². The van der Waals surface area contributed by atoms with Crippen LogP contribution in [0.1, 0.15) is 39.3 Å². The average molecular weight is 480 g/mol. The number of ether oxygens (including phenoxy) is 2. The van der Waals surface area contributed by atoms with Crippen LogP contribution in [0.15, 0.2) is 64.2 Å². The summed E-state index contributed by atoms with van der Waals surface area (Å²) in [6, 6.07) is 15.6. The van der Waals surface area contributed by atoms with Gasteiger partial charge in [-0.1, -0.05) is 36.0 Å². The van der Waals surface area contributed by atoms with E-state index in [0.29, 0.717) is 34.7 Å². The fourth-order valence-electron chi connectivity index (χ4n) is 3.85. The summed E-state index contributed by atoms with van der Waals surface area (Å²) in [5.41, 5.74) is 3.44. The zero-order valence-electron chi connectivity index (χ0n) is 18.7. The zero-order valence-corrected chi connectivity index (χ0v) is 19.5. The first-order valence-electron chi connectivity index (χ1n) is 10.8. The molecule has 4 aromatic rings. The number of Topliss-reactive ketones (excluding diaryl/α,β-unsaturated/α-hetero) is 1. The Bertz CT molecular complexity index is 1330. The van der Waals surface area contributed by atoms with Crippen LogP contribution in [-0.2, 0) is 6.54 Å². The molecule has 2 aromatic heterocycles. The van der Waals surface area contributed by atoms with Gasteiger partial charge in [-0.25, -0.2) is 4.39 Å². The monoisotopic (exact) mass is 479 g/mol. The van der Waals surface area contributed by atoms with Gasteiger partial charge in [-0.3, -0.25) is 4.79 Å². The number of para-hydroxylation sites is 2. The van der Waals surface area contributed by atoms with Crippen molar-refractivity contribution in [2.45, 2.75) is 31.7 Å². The lowest BCUT2D eigenvalue weighted by Crippen LogP contribution is -2.21. The molecule has 174 valence electrons. The molecule has 3 heterocycles. The van der Waals surface area contributed by atoms with Gasteiger partial charge < -0.3 is 18.5 Å². The number of aryl methyl sites for hydroxylation is 1. The third-order valence-corrected chi connectivity index (χ3v) is 6.48. The quantitative estimate of drug-likeness (QED) is 0.267. The predicted molar refractivity (Wildman–Crippen MR) is 124 cm³/mol. The highest BCUT2D eigenvalue weighted by molar-refractivity contribution is 7.99.